The molecule has 100 valence electrons. The summed E-state index contributed by atoms with van der Waals surface area (Å²) in [7, 11) is 0.574. The summed E-state index contributed by atoms with van der Waals surface area (Å²) < 4.78 is 31.1. The number of hydrogen-bond acceptors (Lipinski definition) is 3. The average molecular weight is 271 g/mol. The van der Waals surface area contributed by atoms with Crippen molar-refractivity contribution in [3.63, 3.8) is 0 Å². The standard InChI is InChI=1S/C13H18FNO2S/c1-13(2)8-18(16)7-10(15-13)12-9(14)5-4-6-11(12)17-3/h4-6,10,15H,7-8H2,1-3H3. The summed E-state index contributed by atoms with van der Waals surface area (Å²) >= 11 is 0. The number of hydrogen-bond donors (Lipinski definition) is 1. The lowest BCUT2D eigenvalue weighted by molar-refractivity contribution is 0.345. The van der Waals surface area contributed by atoms with Crippen molar-refractivity contribution in [3.05, 3.63) is 29.6 Å². The van der Waals surface area contributed by atoms with Gasteiger partial charge in [-0.3, -0.25) is 4.21 Å². The Hall–Kier alpha value is -0.940. The SMILES string of the molecule is COc1cccc(F)c1C1CS(=O)CC(C)(C)N1. The molecule has 1 fully saturated rings. The number of methoxy groups -OCH3 is 1. The van der Waals surface area contributed by atoms with Gasteiger partial charge in [-0.15, -0.1) is 0 Å². The number of rotatable bonds is 2. The monoisotopic (exact) mass is 271 g/mol. The third-order valence-corrected chi connectivity index (χ3v) is 4.77. The molecule has 1 aliphatic heterocycles. The van der Waals surface area contributed by atoms with Crippen LogP contribution in [0.3, 0.4) is 0 Å². The molecule has 1 aromatic rings. The molecule has 0 bridgehead atoms. The molecule has 1 aromatic carbocycles. The predicted octanol–water partition coefficient (Wildman–Crippen LogP) is 2.01. The van der Waals surface area contributed by atoms with Crippen molar-refractivity contribution >= 4 is 10.8 Å². The molecule has 1 N–H and O–H groups in total. The summed E-state index contributed by atoms with van der Waals surface area (Å²) in [4.78, 5) is 0. The van der Waals surface area contributed by atoms with Gasteiger partial charge >= 0.3 is 0 Å². The summed E-state index contributed by atoms with van der Waals surface area (Å²) in [5, 5.41) is 3.34. The maximum absolute atomic E-state index is 14.0. The van der Waals surface area contributed by atoms with Gasteiger partial charge in [0.25, 0.3) is 0 Å². The Bertz CT molecular complexity index is 476. The van der Waals surface area contributed by atoms with Gasteiger partial charge in [-0.05, 0) is 26.0 Å². The molecule has 0 radical (unpaired) electrons. The van der Waals surface area contributed by atoms with E-state index < -0.39 is 10.8 Å². The topological polar surface area (TPSA) is 38.3 Å². The van der Waals surface area contributed by atoms with Gasteiger partial charge in [0.2, 0.25) is 0 Å². The van der Waals surface area contributed by atoms with Gasteiger partial charge in [-0.25, -0.2) is 4.39 Å². The molecular formula is C13H18FNO2S. The Kier molecular flexibility index (Phi) is 3.73. The van der Waals surface area contributed by atoms with Crippen LogP contribution in [0.15, 0.2) is 18.2 Å². The van der Waals surface area contributed by atoms with Crippen LogP contribution in [0.25, 0.3) is 0 Å². The lowest BCUT2D eigenvalue weighted by atomic mass is 10.0. The van der Waals surface area contributed by atoms with Gasteiger partial charge in [0.1, 0.15) is 11.6 Å². The highest BCUT2D eigenvalue weighted by Gasteiger charge is 2.34. The molecule has 0 spiro atoms. The largest absolute Gasteiger partial charge is 0.496 e. The normalized spacial score (nSPS) is 26.9. The van der Waals surface area contributed by atoms with Crippen molar-refractivity contribution in [1.29, 1.82) is 0 Å². The van der Waals surface area contributed by atoms with Crippen LogP contribution in [0.2, 0.25) is 0 Å². The zero-order valence-corrected chi connectivity index (χ0v) is 11.6. The summed E-state index contributed by atoms with van der Waals surface area (Å²) in [5.74, 6) is 1.19. The van der Waals surface area contributed by atoms with E-state index in [1.807, 2.05) is 13.8 Å². The summed E-state index contributed by atoms with van der Waals surface area (Å²) in [6, 6.07) is 4.47. The van der Waals surface area contributed by atoms with Crippen LogP contribution < -0.4 is 10.1 Å². The minimum Gasteiger partial charge on any atom is -0.496 e. The van der Waals surface area contributed by atoms with Gasteiger partial charge in [-0.2, -0.15) is 0 Å². The van der Waals surface area contributed by atoms with E-state index in [0.29, 0.717) is 22.8 Å². The van der Waals surface area contributed by atoms with Crippen molar-refractivity contribution in [3.8, 4) is 5.75 Å². The fourth-order valence-electron chi connectivity index (χ4n) is 2.39. The molecule has 2 rings (SSSR count). The lowest BCUT2D eigenvalue weighted by Crippen LogP contribution is -2.52. The van der Waals surface area contributed by atoms with Crippen LogP contribution in [0.5, 0.6) is 5.75 Å². The molecule has 0 aromatic heterocycles. The second-order valence-electron chi connectivity index (χ2n) is 5.19. The van der Waals surface area contributed by atoms with E-state index >= 15 is 0 Å². The number of halogens is 1. The first-order valence-electron chi connectivity index (χ1n) is 5.88. The summed E-state index contributed by atoms with van der Waals surface area (Å²) in [6.07, 6.45) is 0. The predicted molar refractivity (Wildman–Crippen MR) is 70.8 cm³/mol. The Morgan fingerprint density at radius 2 is 2.22 bits per heavy atom. The van der Waals surface area contributed by atoms with Crippen LogP contribution >= 0.6 is 0 Å². The average Bonchev–Trinajstić information content (AvgIpc) is 2.25. The highest BCUT2D eigenvalue weighted by molar-refractivity contribution is 7.85. The molecule has 5 heteroatoms. The minimum absolute atomic E-state index is 0.263. The van der Waals surface area contributed by atoms with Crippen LogP contribution in [0, 0.1) is 5.82 Å². The Morgan fingerprint density at radius 1 is 1.50 bits per heavy atom. The molecule has 0 saturated carbocycles. The molecular weight excluding hydrogens is 253 g/mol. The molecule has 0 aliphatic carbocycles. The van der Waals surface area contributed by atoms with E-state index in [-0.39, 0.29) is 17.4 Å². The van der Waals surface area contributed by atoms with Crippen molar-refractivity contribution in [1.82, 2.24) is 5.32 Å². The molecule has 2 unspecified atom stereocenters. The quantitative estimate of drug-likeness (QED) is 0.894. The smallest absolute Gasteiger partial charge is 0.131 e. The fraction of sp³-hybridized carbons (Fsp3) is 0.538. The van der Waals surface area contributed by atoms with E-state index in [1.54, 1.807) is 12.1 Å². The third-order valence-electron chi connectivity index (χ3n) is 3.02. The van der Waals surface area contributed by atoms with E-state index in [0.717, 1.165) is 0 Å². The number of ether oxygens (including phenoxy) is 1. The minimum atomic E-state index is -0.943. The Labute approximate surface area is 109 Å². The zero-order chi connectivity index (χ0) is 13.3. The zero-order valence-electron chi connectivity index (χ0n) is 10.8. The van der Waals surface area contributed by atoms with Gasteiger partial charge in [-0.1, -0.05) is 6.07 Å². The second-order valence-corrected chi connectivity index (χ2v) is 6.69. The van der Waals surface area contributed by atoms with Gasteiger partial charge in [0.05, 0.1) is 13.2 Å². The van der Waals surface area contributed by atoms with Gasteiger partial charge < -0.3 is 10.1 Å². The second kappa shape index (κ2) is 4.97. The third kappa shape index (κ3) is 2.72. The van der Waals surface area contributed by atoms with E-state index in [1.165, 1.54) is 13.2 Å². The van der Waals surface area contributed by atoms with Gasteiger partial charge in [0, 0.05) is 33.4 Å². The van der Waals surface area contributed by atoms with E-state index in [2.05, 4.69) is 5.32 Å². The van der Waals surface area contributed by atoms with E-state index in [9.17, 15) is 8.60 Å². The van der Waals surface area contributed by atoms with Crippen LogP contribution in [0.1, 0.15) is 25.5 Å². The van der Waals surface area contributed by atoms with Crippen molar-refractivity contribution < 1.29 is 13.3 Å². The van der Waals surface area contributed by atoms with Crippen molar-refractivity contribution in [2.75, 3.05) is 18.6 Å². The first-order chi connectivity index (χ1) is 8.43. The highest BCUT2D eigenvalue weighted by atomic mass is 32.2. The Balaban J connectivity index is 2.39. The molecule has 18 heavy (non-hydrogen) atoms. The highest BCUT2D eigenvalue weighted by Crippen LogP contribution is 2.32. The molecule has 0 amide bonds. The molecule has 3 nitrogen and oxygen atoms in total. The van der Waals surface area contributed by atoms with Crippen LogP contribution in [-0.4, -0.2) is 28.4 Å². The number of nitrogens with one attached hydrogen (secondary N) is 1. The first-order valence-corrected chi connectivity index (χ1v) is 7.37. The Morgan fingerprint density at radius 3 is 2.83 bits per heavy atom. The van der Waals surface area contributed by atoms with Crippen LogP contribution in [0.4, 0.5) is 4.39 Å². The molecule has 1 heterocycles. The van der Waals surface area contributed by atoms with Crippen molar-refractivity contribution in [2.24, 2.45) is 0 Å². The van der Waals surface area contributed by atoms with E-state index in [4.69, 9.17) is 4.74 Å². The maximum atomic E-state index is 14.0. The molecule has 1 aliphatic rings. The lowest BCUT2D eigenvalue weighted by Gasteiger charge is -2.37. The number of benzene rings is 1. The van der Waals surface area contributed by atoms with Gasteiger partial charge in [0.15, 0.2) is 0 Å². The summed E-state index contributed by atoms with van der Waals surface area (Å²) in [6.45, 7) is 3.95. The first kappa shape index (κ1) is 13.5. The molecule has 2 atom stereocenters. The summed E-state index contributed by atoms with van der Waals surface area (Å²) in [5.41, 5.74) is 0.210. The maximum Gasteiger partial charge on any atom is 0.131 e. The van der Waals surface area contributed by atoms with Crippen LogP contribution in [-0.2, 0) is 10.8 Å². The molecule has 1 saturated heterocycles. The van der Waals surface area contributed by atoms with Crippen molar-refractivity contribution in [2.45, 2.75) is 25.4 Å². The fourth-order valence-corrected chi connectivity index (χ4v) is 4.02.